The van der Waals surface area contributed by atoms with Crippen LogP contribution >= 0.6 is 22.6 Å². The van der Waals surface area contributed by atoms with Crippen molar-refractivity contribution in [3.8, 4) is 0 Å². The molecule has 0 atom stereocenters. The van der Waals surface area contributed by atoms with Crippen LogP contribution < -0.4 is 0 Å². The largest absolute Gasteiger partial charge is 0.418 e. The Balaban J connectivity index is 3.60. The molecule has 5 heteroatoms. The molecule has 0 unspecified atom stereocenters. The first kappa shape index (κ1) is 4.78. The molecule has 0 N–H and O–H groups in total. The van der Waals surface area contributed by atoms with E-state index in [0.29, 0.717) is 0 Å². The molecule has 0 saturated heterocycles. The Labute approximate surface area is 88.2 Å². The van der Waals surface area contributed by atoms with E-state index in [4.69, 9.17) is 6.85 Å². The van der Waals surface area contributed by atoms with Crippen molar-refractivity contribution >= 4 is 22.6 Å². The molecule has 66 valence electrons. The van der Waals surface area contributed by atoms with Gasteiger partial charge in [0.15, 0.2) is 0 Å². The van der Waals surface area contributed by atoms with Crippen molar-refractivity contribution < 1.29 is 20.0 Å². The van der Waals surface area contributed by atoms with Gasteiger partial charge in [-0.1, -0.05) is 0 Å². The van der Waals surface area contributed by atoms with E-state index in [1.165, 1.54) is 22.6 Å². The van der Waals surface area contributed by atoms with Crippen molar-refractivity contribution in [2.75, 3.05) is 0 Å². The smallest absolute Gasteiger partial charge is 0.261 e. The van der Waals surface area contributed by atoms with Crippen LogP contribution in [0.2, 0.25) is 0 Å². The molecule has 1 aromatic heterocycles. The molecule has 0 bridgehead atoms. The quantitative estimate of drug-likeness (QED) is 0.670. The first-order valence-corrected chi connectivity index (χ1v) is 3.78. The number of aryl methyl sites for hydroxylation is 1. The van der Waals surface area contributed by atoms with Crippen LogP contribution in [-0.4, -0.2) is 4.98 Å². The highest BCUT2D eigenvalue weighted by Gasteiger charge is 2.33. The van der Waals surface area contributed by atoms with Crippen molar-refractivity contribution in [1.29, 1.82) is 0 Å². The zero-order chi connectivity index (χ0) is 13.6. The Kier molecular flexibility index (Phi) is 1.27. The fourth-order valence-corrected chi connectivity index (χ4v) is 1.22. The summed E-state index contributed by atoms with van der Waals surface area (Å²) in [6, 6.07) is -0.811. The van der Waals surface area contributed by atoms with Gasteiger partial charge in [0, 0.05) is 19.5 Å². The molecule has 1 nitrogen and oxygen atoms in total. The van der Waals surface area contributed by atoms with Crippen LogP contribution in [0, 0.1) is 10.4 Å². The van der Waals surface area contributed by atoms with E-state index in [1.54, 1.807) is 0 Å². The van der Waals surface area contributed by atoms with E-state index < -0.39 is 40.1 Å². The van der Waals surface area contributed by atoms with Crippen molar-refractivity contribution in [3.05, 3.63) is 27.0 Å². The second-order valence-corrected chi connectivity index (χ2v) is 2.96. The van der Waals surface area contributed by atoms with Gasteiger partial charge in [-0.3, -0.25) is 4.98 Å². The second kappa shape index (κ2) is 3.20. The summed E-state index contributed by atoms with van der Waals surface area (Å²) in [5, 5.41) is 0. The van der Waals surface area contributed by atoms with Crippen LogP contribution in [-0.2, 0) is 6.18 Å². The fraction of sp³-hybridized carbons (Fsp3) is 0.286. The maximum atomic E-state index is 12.5. The lowest BCUT2D eigenvalue weighted by molar-refractivity contribution is -0.138. The van der Waals surface area contributed by atoms with Crippen LogP contribution in [0.5, 0.6) is 0 Å². The highest BCUT2D eigenvalue weighted by molar-refractivity contribution is 14.1. The van der Waals surface area contributed by atoms with Crippen molar-refractivity contribution in [3.63, 3.8) is 0 Å². The minimum Gasteiger partial charge on any atom is -0.261 e. The van der Waals surface area contributed by atoms with Gasteiger partial charge < -0.3 is 0 Å². The SMILES string of the molecule is [2H]c1nc(C([2H])([2H])[2H])c([2H])c(I)c1C(F)(F)F. The molecule has 1 rings (SSSR count). The number of nitrogens with zero attached hydrogens (tertiary/aromatic N) is 1. The molecular weight excluding hydrogens is 282 g/mol. The van der Waals surface area contributed by atoms with Crippen LogP contribution in [0.25, 0.3) is 0 Å². The summed E-state index contributed by atoms with van der Waals surface area (Å²) in [7, 11) is 0. The highest BCUT2D eigenvalue weighted by atomic mass is 127. The summed E-state index contributed by atoms with van der Waals surface area (Å²) < 4.78 is 72.5. The Morgan fingerprint density at radius 2 is 2.33 bits per heavy atom. The maximum Gasteiger partial charge on any atom is 0.418 e. The summed E-state index contributed by atoms with van der Waals surface area (Å²) in [5.41, 5.74) is -2.17. The van der Waals surface area contributed by atoms with Crippen molar-refractivity contribution in [2.45, 2.75) is 13.0 Å². The van der Waals surface area contributed by atoms with Gasteiger partial charge in [0.2, 0.25) is 0 Å². The predicted octanol–water partition coefficient (Wildman–Crippen LogP) is 3.01. The standard InChI is InChI=1S/C7H5F3IN/c1-4-2-6(11)5(3-12-4)7(8,9)10/h2-3H,1H3/i1D3,2D,3D. The first-order valence-electron chi connectivity index (χ1n) is 5.20. The molecule has 1 aromatic rings. The van der Waals surface area contributed by atoms with E-state index in [1.807, 2.05) is 0 Å². The van der Waals surface area contributed by atoms with Crippen molar-refractivity contribution in [1.82, 2.24) is 4.98 Å². The third-order valence-electron chi connectivity index (χ3n) is 1.01. The number of rotatable bonds is 0. The zero-order valence-electron chi connectivity index (χ0n) is 10.5. The Bertz CT molecular complexity index is 456. The normalized spacial score (nSPS) is 18.8. The van der Waals surface area contributed by atoms with E-state index >= 15 is 0 Å². The van der Waals surface area contributed by atoms with Gasteiger partial charge in [0.25, 0.3) is 0 Å². The Hall–Kier alpha value is -0.330. The minimum absolute atomic E-state index is 0.624. The first-order chi connectivity index (χ1) is 7.46. The highest BCUT2D eigenvalue weighted by Crippen LogP contribution is 2.32. The van der Waals surface area contributed by atoms with Crippen LogP contribution in [0.4, 0.5) is 13.2 Å². The third kappa shape index (κ3) is 2.09. The summed E-state index contributed by atoms with van der Waals surface area (Å²) >= 11 is 1.20. The lowest BCUT2D eigenvalue weighted by Gasteiger charge is -2.07. The number of hydrogen-bond acceptors (Lipinski definition) is 1. The second-order valence-electron chi connectivity index (χ2n) is 1.88. The van der Waals surface area contributed by atoms with Gasteiger partial charge in [0.05, 0.1) is 8.30 Å². The van der Waals surface area contributed by atoms with Gasteiger partial charge in [-0.05, 0) is 35.5 Å². The number of alkyl halides is 3. The van der Waals surface area contributed by atoms with Gasteiger partial charge in [-0.15, -0.1) is 0 Å². The number of pyridine rings is 1. The summed E-state index contributed by atoms with van der Waals surface area (Å²) in [4.78, 5) is 3.06. The molecular formula is C7H5F3IN. The number of halogens is 4. The molecule has 0 saturated carbocycles. The molecule has 0 radical (unpaired) electrons. The molecule has 0 aliphatic rings. The average molecular weight is 292 g/mol. The minimum atomic E-state index is -4.83. The zero-order valence-corrected chi connectivity index (χ0v) is 7.62. The van der Waals surface area contributed by atoms with Crippen LogP contribution in [0.15, 0.2) is 12.2 Å². The van der Waals surface area contributed by atoms with E-state index in [0.717, 1.165) is 0 Å². The van der Waals surface area contributed by atoms with Gasteiger partial charge in [0.1, 0.15) is 0 Å². The van der Waals surface area contributed by atoms with E-state index in [9.17, 15) is 13.2 Å². The topological polar surface area (TPSA) is 12.9 Å². The molecule has 0 aliphatic carbocycles. The molecule has 0 fully saturated rings. The maximum absolute atomic E-state index is 12.5. The molecule has 0 spiro atoms. The molecule has 12 heavy (non-hydrogen) atoms. The van der Waals surface area contributed by atoms with Gasteiger partial charge in [-0.25, -0.2) is 0 Å². The van der Waals surface area contributed by atoms with E-state index in [-0.39, 0.29) is 0 Å². The van der Waals surface area contributed by atoms with Gasteiger partial charge in [-0.2, -0.15) is 13.2 Å². The lowest BCUT2D eigenvalue weighted by atomic mass is 10.2. The molecule has 0 aliphatic heterocycles. The molecule has 1 heterocycles. The van der Waals surface area contributed by atoms with E-state index in [2.05, 4.69) is 4.98 Å². The lowest BCUT2D eigenvalue weighted by Crippen LogP contribution is -2.08. The predicted molar refractivity (Wildman–Crippen MR) is 46.7 cm³/mol. The third-order valence-corrected chi connectivity index (χ3v) is 1.82. The Morgan fingerprint density at radius 1 is 1.67 bits per heavy atom. The average Bonchev–Trinajstić information content (AvgIpc) is 2.07. The fourth-order valence-electron chi connectivity index (χ4n) is 0.543. The molecule has 0 aromatic carbocycles. The number of aromatic nitrogens is 1. The number of hydrogen-bond donors (Lipinski definition) is 0. The van der Waals surface area contributed by atoms with Gasteiger partial charge >= 0.3 is 6.18 Å². The summed E-state index contributed by atoms with van der Waals surface area (Å²) in [6.07, 6.45) is -6.01. The van der Waals surface area contributed by atoms with Crippen LogP contribution in [0.1, 0.15) is 18.1 Å². The Morgan fingerprint density at radius 3 is 2.83 bits per heavy atom. The monoisotopic (exact) mass is 292 g/mol. The van der Waals surface area contributed by atoms with Crippen molar-refractivity contribution in [2.24, 2.45) is 0 Å². The van der Waals surface area contributed by atoms with Crippen LogP contribution in [0.3, 0.4) is 0 Å². The molecule has 0 amide bonds. The summed E-state index contributed by atoms with van der Waals surface area (Å²) in [6.45, 7) is -2.81. The summed E-state index contributed by atoms with van der Waals surface area (Å²) in [5.74, 6) is 0.